The van der Waals surface area contributed by atoms with E-state index in [1.165, 1.54) is 16.9 Å². The van der Waals surface area contributed by atoms with Gasteiger partial charge in [-0.15, -0.1) is 11.3 Å². The summed E-state index contributed by atoms with van der Waals surface area (Å²) in [6.07, 6.45) is 0.915. The molecule has 1 heterocycles. The zero-order valence-corrected chi connectivity index (χ0v) is 16.6. The van der Waals surface area contributed by atoms with Gasteiger partial charge in [0.05, 0.1) is 5.69 Å². The van der Waals surface area contributed by atoms with E-state index < -0.39 is 0 Å². The summed E-state index contributed by atoms with van der Waals surface area (Å²) >= 11 is 1.45. The Morgan fingerprint density at radius 1 is 1.07 bits per heavy atom. The van der Waals surface area contributed by atoms with Crippen LogP contribution in [-0.2, 0) is 6.54 Å². The molecule has 1 N–H and O–H groups in total. The summed E-state index contributed by atoms with van der Waals surface area (Å²) in [7, 11) is 2.11. The topological polar surface area (TPSA) is 45.2 Å². The Hall–Kier alpha value is -2.50. The molecular weight excluding hydrogens is 354 g/mol. The van der Waals surface area contributed by atoms with Crippen LogP contribution < -0.4 is 5.32 Å². The Kier molecular flexibility index (Phi) is 6.74. The van der Waals surface area contributed by atoms with Crippen molar-refractivity contribution in [2.24, 2.45) is 0 Å². The summed E-state index contributed by atoms with van der Waals surface area (Å²) in [4.78, 5) is 20.0. The number of benzene rings is 2. The molecule has 5 heteroatoms. The van der Waals surface area contributed by atoms with E-state index in [0.717, 1.165) is 35.8 Å². The van der Waals surface area contributed by atoms with Crippen LogP contribution in [-0.4, -0.2) is 35.9 Å². The van der Waals surface area contributed by atoms with E-state index >= 15 is 0 Å². The van der Waals surface area contributed by atoms with Crippen molar-refractivity contribution in [3.8, 4) is 10.6 Å². The van der Waals surface area contributed by atoms with E-state index in [9.17, 15) is 4.79 Å². The van der Waals surface area contributed by atoms with Crippen LogP contribution in [0.3, 0.4) is 0 Å². The van der Waals surface area contributed by atoms with Gasteiger partial charge >= 0.3 is 0 Å². The molecule has 0 aliphatic carbocycles. The van der Waals surface area contributed by atoms with Crippen molar-refractivity contribution in [3.63, 3.8) is 0 Å². The standard InChI is InChI=1S/C22H25N3OS/c1-17-20(27-22(24-17)19-12-7-4-8-13-19)21(26)23-14-9-15-25(2)16-18-10-5-3-6-11-18/h3-8,10-13H,9,14-16H2,1-2H3,(H,23,26). The second kappa shape index (κ2) is 9.44. The smallest absolute Gasteiger partial charge is 0.263 e. The number of thiazole rings is 1. The first-order chi connectivity index (χ1) is 13.1. The Labute approximate surface area is 164 Å². The lowest BCUT2D eigenvalue weighted by atomic mass is 10.2. The van der Waals surface area contributed by atoms with Gasteiger partial charge in [0.2, 0.25) is 0 Å². The highest BCUT2D eigenvalue weighted by Gasteiger charge is 2.15. The zero-order valence-electron chi connectivity index (χ0n) is 15.8. The molecule has 3 rings (SSSR count). The molecule has 0 saturated heterocycles. The van der Waals surface area contributed by atoms with Crippen molar-refractivity contribution < 1.29 is 4.79 Å². The highest BCUT2D eigenvalue weighted by molar-refractivity contribution is 7.17. The number of aryl methyl sites for hydroxylation is 1. The maximum absolute atomic E-state index is 12.5. The summed E-state index contributed by atoms with van der Waals surface area (Å²) in [5.74, 6) is -0.0297. The lowest BCUT2D eigenvalue weighted by Crippen LogP contribution is -2.28. The van der Waals surface area contributed by atoms with Crippen LogP contribution in [0.25, 0.3) is 10.6 Å². The predicted octanol–water partition coefficient (Wildman–Crippen LogP) is 4.37. The summed E-state index contributed by atoms with van der Waals surface area (Å²) in [5.41, 5.74) is 3.14. The van der Waals surface area contributed by atoms with Crippen molar-refractivity contribution in [1.29, 1.82) is 0 Å². The van der Waals surface area contributed by atoms with Crippen molar-refractivity contribution in [2.45, 2.75) is 19.9 Å². The van der Waals surface area contributed by atoms with E-state index in [0.29, 0.717) is 11.4 Å². The maximum Gasteiger partial charge on any atom is 0.263 e. The van der Waals surface area contributed by atoms with Crippen LogP contribution in [0.15, 0.2) is 60.7 Å². The van der Waals surface area contributed by atoms with E-state index in [1.807, 2.05) is 43.3 Å². The molecule has 0 fully saturated rings. The van der Waals surface area contributed by atoms with Gasteiger partial charge in [-0.25, -0.2) is 4.98 Å². The highest BCUT2D eigenvalue weighted by atomic mass is 32.1. The average Bonchev–Trinajstić information content (AvgIpc) is 3.08. The molecule has 1 amide bonds. The Balaban J connectivity index is 1.46. The normalized spacial score (nSPS) is 10.9. The Morgan fingerprint density at radius 3 is 2.44 bits per heavy atom. The SMILES string of the molecule is Cc1nc(-c2ccccc2)sc1C(=O)NCCCN(C)Cc1ccccc1. The molecule has 3 aromatic rings. The summed E-state index contributed by atoms with van der Waals surface area (Å²) in [6.45, 7) is 4.41. The van der Waals surface area contributed by atoms with Crippen LogP contribution in [0.1, 0.15) is 27.3 Å². The third-order valence-electron chi connectivity index (χ3n) is 4.32. The van der Waals surface area contributed by atoms with Gasteiger partial charge in [0, 0.05) is 18.7 Å². The van der Waals surface area contributed by atoms with Gasteiger partial charge in [-0.2, -0.15) is 0 Å². The predicted molar refractivity (Wildman–Crippen MR) is 112 cm³/mol. The van der Waals surface area contributed by atoms with Crippen molar-refractivity contribution in [3.05, 3.63) is 76.8 Å². The highest BCUT2D eigenvalue weighted by Crippen LogP contribution is 2.27. The second-order valence-corrected chi connectivity index (χ2v) is 7.63. The van der Waals surface area contributed by atoms with Crippen LogP contribution >= 0.6 is 11.3 Å². The maximum atomic E-state index is 12.5. The summed E-state index contributed by atoms with van der Waals surface area (Å²) in [6, 6.07) is 20.4. The molecule has 27 heavy (non-hydrogen) atoms. The molecule has 0 radical (unpaired) electrons. The number of rotatable bonds is 8. The minimum Gasteiger partial charge on any atom is -0.351 e. The minimum atomic E-state index is -0.0297. The molecule has 140 valence electrons. The monoisotopic (exact) mass is 379 g/mol. The number of nitrogens with one attached hydrogen (secondary N) is 1. The zero-order chi connectivity index (χ0) is 19.1. The minimum absolute atomic E-state index is 0.0297. The van der Waals surface area contributed by atoms with Crippen molar-refractivity contribution in [1.82, 2.24) is 15.2 Å². The molecule has 0 atom stereocenters. The van der Waals surface area contributed by atoms with Crippen LogP contribution in [0.5, 0.6) is 0 Å². The summed E-state index contributed by atoms with van der Waals surface area (Å²) < 4.78 is 0. The fraction of sp³-hybridized carbons (Fsp3) is 0.273. The molecule has 0 aliphatic rings. The number of aromatic nitrogens is 1. The van der Waals surface area contributed by atoms with E-state index in [2.05, 4.69) is 46.5 Å². The third kappa shape index (κ3) is 5.49. The molecule has 0 unspecified atom stereocenters. The van der Waals surface area contributed by atoms with Gasteiger partial charge in [-0.05, 0) is 32.5 Å². The van der Waals surface area contributed by atoms with Gasteiger partial charge < -0.3 is 10.2 Å². The van der Waals surface area contributed by atoms with Crippen LogP contribution in [0.4, 0.5) is 0 Å². The van der Waals surface area contributed by atoms with E-state index in [4.69, 9.17) is 0 Å². The second-order valence-electron chi connectivity index (χ2n) is 6.63. The first-order valence-corrected chi connectivity index (χ1v) is 9.98. The van der Waals surface area contributed by atoms with Gasteiger partial charge in [0.1, 0.15) is 9.88 Å². The molecule has 0 spiro atoms. The van der Waals surface area contributed by atoms with E-state index in [1.54, 1.807) is 0 Å². The van der Waals surface area contributed by atoms with Gasteiger partial charge in [0.15, 0.2) is 0 Å². The average molecular weight is 380 g/mol. The van der Waals surface area contributed by atoms with Crippen molar-refractivity contribution in [2.75, 3.05) is 20.1 Å². The first kappa shape index (κ1) is 19.3. The number of nitrogens with zero attached hydrogens (tertiary/aromatic N) is 2. The van der Waals surface area contributed by atoms with Crippen molar-refractivity contribution >= 4 is 17.2 Å². The first-order valence-electron chi connectivity index (χ1n) is 9.17. The number of carbonyl (C=O) groups is 1. The largest absolute Gasteiger partial charge is 0.351 e. The molecule has 0 aliphatic heterocycles. The number of amides is 1. The van der Waals surface area contributed by atoms with Gasteiger partial charge in [-0.3, -0.25) is 4.79 Å². The molecular formula is C22H25N3OS. The number of carbonyl (C=O) groups excluding carboxylic acids is 1. The van der Waals surface area contributed by atoms with Crippen LogP contribution in [0, 0.1) is 6.92 Å². The van der Waals surface area contributed by atoms with E-state index in [-0.39, 0.29) is 5.91 Å². The molecule has 1 aromatic heterocycles. The van der Waals surface area contributed by atoms with Gasteiger partial charge in [-0.1, -0.05) is 60.7 Å². The lowest BCUT2D eigenvalue weighted by Gasteiger charge is -2.16. The van der Waals surface area contributed by atoms with Gasteiger partial charge in [0.25, 0.3) is 5.91 Å². The third-order valence-corrected chi connectivity index (χ3v) is 5.53. The summed E-state index contributed by atoms with van der Waals surface area (Å²) in [5, 5.41) is 3.92. The number of hydrogen-bond donors (Lipinski definition) is 1. The van der Waals surface area contributed by atoms with Crippen LogP contribution in [0.2, 0.25) is 0 Å². The Bertz CT molecular complexity index is 862. The molecule has 0 bridgehead atoms. The lowest BCUT2D eigenvalue weighted by molar-refractivity contribution is 0.0955. The quantitative estimate of drug-likeness (QED) is 0.591. The molecule has 0 saturated carbocycles. The number of hydrogen-bond acceptors (Lipinski definition) is 4. The Morgan fingerprint density at radius 2 is 1.74 bits per heavy atom. The fourth-order valence-electron chi connectivity index (χ4n) is 2.92. The fourth-order valence-corrected chi connectivity index (χ4v) is 3.90. The molecule has 2 aromatic carbocycles. The molecule has 4 nitrogen and oxygen atoms in total.